The van der Waals surface area contributed by atoms with Crippen LogP contribution in [0, 0.1) is 0 Å². The minimum absolute atomic E-state index is 0.0482. The topological polar surface area (TPSA) is 67.4 Å². The summed E-state index contributed by atoms with van der Waals surface area (Å²) < 4.78 is 5.74. The lowest BCUT2D eigenvalue weighted by Gasteiger charge is -2.22. The highest BCUT2D eigenvalue weighted by Crippen LogP contribution is 2.30. The summed E-state index contributed by atoms with van der Waals surface area (Å²) in [5.41, 5.74) is 2.03. The van der Waals surface area contributed by atoms with Gasteiger partial charge in [-0.3, -0.25) is 9.59 Å². The first-order valence-electron chi connectivity index (χ1n) is 9.10. The summed E-state index contributed by atoms with van der Waals surface area (Å²) in [7, 11) is 0. The Morgan fingerprint density at radius 3 is 2.41 bits per heavy atom. The molecule has 144 valence electrons. The minimum Gasteiger partial charge on any atom is -0.483 e. The van der Waals surface area contributed by atoms with Crippen molar-refractivity contribution in [3.63, 3.8) is 0 Å². The van der Waals surface area contributed by atoms with Crippen molar-refractivity contribution >= 4 is 17.5 Å². The van der Waals surface area contributed by atoms with Gasteiger partial charge in [-0.15, -0.1) is 0 Å². The molecule has 0 spiro atoms. The molecular weight excluding hydrogens is 340 g/mol. The molecule has 0 bridgehead atoms. The quantitative estimate of drug-likeness (QED) is 0.805. The van der Waals surface area contributed by atoms with E-state index in [1.165, 1.54) is 0 Å². The Bertz CT molecular complexity index is 807. The van der Waals surface area contributed by atoms with Gasteiger partial charge in [0.25, 0.3) is 11.8 Å². The summed E-state index contributed by atoms with van der Waals surface area (Å²) >= 11 is 0. The molecule has 2 rings (SSSR count). The van der Waals surface area contributed by atoms with Crippen molar-refractivity contribution in [1.29, 1.82) is 0 Å². The van der Waals surface area contributed by atoms with Crippen LogP contribution in [0.15, 0.2) is 48.5 Å². The van der Waals surface area contributed by atoms with Gasteiger partial charge in [0.1, 0.15) is 5.75 Å². The molecule has 0 aliphatic rings. The number of hydrogen-bond acceptors (Lipinski definition) is 3. The Labute approximate surface area is 161 Å². The van der Waals surface area contributed by atoms with Crippen LogP contribution in [0.5, 0.6) is 5.75 Å². The molecule has 0 saturated carbocycles. The maximum absolute atomic E-state index is 12.3. The SMILES string of the molecule is CC(C)NC(=O)c1cccc(NC(=O)COc2ccccc2C(C)(C)C)c1. The van der Waals surface area contributed by atoms with Gasteiger partial charge < -0.3 is 15.4 Å². The molecule has 2 amide bonds. The van der Waals surface area contributed by atoms with E-state index in [-0.39, 0.29) is 29.9 Å². The first kappa shape index (κ1) is 20.5. The molecule has 0 aliphatic heterocycles. The van der Waals surface area contributed by atoms with E-state index in [1.807, 2.05) is 38.1 Å². The summed E-state index contributed by atoms with van der Waals surface area (Å²) in [5.74, 6) is 0.252. The summed E-state index contributed by atoms with van der Waals surface area (Å²) in [6, 6.07) is 14.6. The van der Waals surface area contributed by atoms with Gasteiger partial charge in [-0.05, 0) is 49.1 Å². The Morgan fingerprint density at radius 1 is 1.04 bits per heavy atom. The van der Waals surface area contributed by atoms with Crippen LogP contribution in [0.25, 0.3) is 0 Å². The zero-order valence-corrected chi connectivity index (χ0v) is 16.6. The fraction of sp³-hybridized carbons (Fsp3) is 0.364. The Kier molecular flexibility index (Phi) is 6.61. The van der Waals surface area contributed by atoms with Crippen LogP contribution in [0.4, 0.5) is 5.69 Å². The predicted octanol–water partition coefficient (Wildman–Crippen LogP) is 4.14. The first-order valence-corrected chi connectivity index (χ1v) is 9.10. The smallest absolute Gasteiger partial charge is 0.262 e. The fourth-order valence-corrected chi connectivity index (χ4v) is 2.64. The van der Waals surface area contributed by atoms with Crippen molar-refractivity contribution in [3.8, 4) is 5.75 Å². The number of rotatable bonds is 6. The van der Waals surface area contributed by atoms with Crippen LogP contribution in [-0.2, 0) is 10.2 Å². The van der Waals surface area contributed by atoms with Gasteiger partial charge in [-0.1, -0.05) is 45.0 Å². The molecule has 27 heavy (non-hydrogen) atoms. The first-order chi connectivity index (χ1) is 12.7. The second kappa shape index (κ2) is 8.71. The summed E-state index contributed by atoms with van der Waals surface area (Å²) in [6.45, 7) is 10.00. The fourth-order valence-electron chi connectivity index (χ4n) is 2.64. The number of amides is 2. The standard InChI is InChI=1S/C22H28N2O3/c1-15(2)23-21(26)16-9-8-10-17(13-16)24-20(25)14-27-19-12-7-6-11-18(19)22(3,4)5/h6-13,15H,14H2,1-5H3,(H,23,26)(H,24,25). The molecule has 2 aromatic rings. The van der Waals surface area contributed by atoms with Gasteiger partial charge in [0, 0.05) is 17.3 Å². The Balaban J connectivity index is 2.00. The van der Waals surface area contributed by atoms with E-state index in [9.17, 15) is 9.59 Å². The number of nitrogens with one attached hydrogen (secondary N) is 2. The van der Waals surface area contributed by atoms with Crippen molar-refractivity contribution in [3.05, 3.63) is 59.7 Å². The third-order valence-corrected chi connectivity index (χ3v) is 3.88. The highest BCUT2D eigenvalue weighted by Gasteiger charge is 2.19. The van der Waals surface area contributed by atoms with Crippen LogP contribution < -0.4 is 15.4 Å². The van der Waals surface area contributed by atoms with Crippen molar-refractivity contribution < 1.29 is 14.3 Å². The molecule has 2 N–H and O–H groups in total. The van der Waals surface area contributed by atoms with E-state index < -0.39 is 0 Å². The molecule has 2 aromatic carbocycles. The molecule has 0 unspecified atom stereocenters. The van der Waals surface area contributed by atoms with E-state index in [0.717, 1.165) is 5.56 Å². The van der Waals surface area contributed by atoms with Gasteiger partial charge >= 0.3 is 0 Å². The van der Waals surface area contributed by atoms with E-state index in [2.05, 4.69) is 31.4 Å². The van der Waals surface area contributed by atoms with E-state index in [4.69, 9.17) is 4.74 Å². The molecule has 5 heteroatoms. The number of anilines is 1. The Morgan fingerprint density at radius 2 is 1.74 bits per heavy atom. The Hall–Kier alpha value is -2.82. The summed E-state index contributed by atoms with van der Waals surface area (Å²) in [4.78, 5) is 24.4. The lowest BCUT2D eigenvalue weighted by atomic mass is 9.86. The van der Waals surface area contributed by atoms with Gasteiger partial charge in [0.2, 0.25) is 0 Å². The number of para-hydroxylation sites is 1. The van der Waals surface area contributed by atoms with Gasteiger partial charge in [0.15, 0.2) is 6.61 Å². The van der Waals surface area contributed by atoms with Crippen LogP contribution in [0.1, 0.15) is 50.5 Å². The summed E-state index contributed by atoms with van der Waals surface area (Å²) in [6.07, 6.45) is 0. The highest BCUT2D eigenvalue weighted by molar-refractivity contribution is 5.97. The third-order valence-electron chi connectivity index (χ3n) is 3.88. The third kappa shape index (κ3) is 6.13. The second-order valence-electron chi connectivity index (χ2n) is 7.79. The largest absolute Gasteiger partial charge is 0.483 e. The monoisotopic (exact) mass is 368 g/mol. The maximum atomic E-state index is 12.3. The van der Waals surface area contributed by atoms with Gasteiger partial charge in [-0.25, -0.2) is 0 Å². The average Bonchev–Trinajstić information content (AvgIpc) is 2.59. The van der Waals surface area contributed by atoms with Crippen molar-refractivity contribution in [2.24, 2.45) is 0 Å². The van der Waals surface area contributed by atoms with E-state index in [0.29, 0.717) is 17.0 Å². The molecular formula is C22H28N2O3. The van der Waals surface area contributed by atoms with Crippen LogP contribution in [-0.4, -0.2) is 24.5 Å². The highest BCUT2D eigenvalue weighted by atomic mass is 16.5. The molecule has 0 atom stereocenters. The number of carbonyl (C=O) groups excluding carboxylic acids is 2. The molecule has 0 heterocycles. The maximum Gasteiger partial charge on any atom is 0.262 e. The lowest BCUT2D eigenvalue weighted by Crippen LogP contribution is -2.30. The normalized spacial score (nSPS) is 11.2. The summed E-state index contributed by atoms with van der Waals surface area (Å²) in [5, 5.41) is 5.61. The predicted molar refractivity (Wildman–Crippen MR) is 108 cm³/mol. The number of carbonyl (C=O) groups is 2. The zero-order chi connectivity index (χ0) is 20.0. The van der Waals surface area contributed by atoms with Crippen molar-refractivity contribution in [2.75, 3.05) is 11.9 Å². The molecule has 0 saturated heterocycles. The molecule has 0 aromatic heterocycles. The van der Waals surface area contributed by atoms with Crippen molar-refractivity contribution in [2.45, 2.75) is 46.1 Å². The molecule has 0 aliphatic carbocycles. The van der Waals surface area contributed by atoms with Gasteiger partial charge in [-0.2, -0.15) is 0 Å². The molecule has 0 radical (unpaired) electrons. The lowest BCUT2D eigenvalue weighted by molar-refractivity contribution is -0.118. The number of benzene rings is 2. The second-order valence-corrected chi connectivity index (χ2v) is 7.79. The van der Waals surface area contributed by atoms with E-state index >= 15 is 0 Å². The minimum atomic E-state index is -0.278. The van der Waals surface area contributed by atoms with Crippen LogP contribution in [0.2, 0.25) is 0 Å². The average molecular weight is 368 g/mol. The molecule has 5 nitrogen and oxygen atoms in total. The van der Waals surface area contributed by atoms with Crippen molar-refractivity contribution in [1.82, 2.24) is 5.32 Å². The van der Waals surface area contributed by atoms with Gasteiger partial charge in [0.05, 0.1) is 0 Å². The van der Waals surface area contributed by atoms with Crippen LogP contribution in [0.3, 0.4) is 0 Å². The zero-order valence-electron chi connectivity index (χ0n) is 16.6. The molecule has 0 fully saturated rings. The number of hydrogen-bond donors (Lipinski definition) is 2. The number of ether oxygens (including phenoxy) is 1. The van der Waals surface area contributed by atoms with E-state index in [1.54, 1.807) is 24.3 Å². The van der Waals surface area contributed by atoms with Crippen LogP contribution >= 0.6 is 0 Å².